The fourth-order valence-electron chi connectivity index (χ4n) is 9.44. The number of hydrogen-bond acceptors (Lipinski definition) is 8. The molecular formula is C51H67N11O7. The summed E-state index contributed by atoms with van der Waals surface area (Å²) in [6, 6.07) is 19.4. The summed E-state index contributed by atoms with van der Waals surface area (Å²) in [5.74, 6) is -4.01. The molecule has 0 bridgehead atoms. The van der Waals surface area contributed by atoms with Gasteiger partial charge in [-0.3, -0.25) is 38.6 Å². The highest BCUT2D eigenvalue weighted by Crippen LogP contribution is 2.28. The Morgan fingerprint density at radius 1 is 0.652 bits per heavy atom. The number of aromatic nitrogens is 1. The first-order chi connectivity index (χ1) is 33.2. The molecule has 69 heavy (non-hydrogen) atoms. The minimum Gasteiger partial charge on any atom is -0.370 e. The molecule has 2 heterocycles. The fraction of sp³-hybridized carbons (Fsp3) is 0.451. The Hall–Kier alpha value is -7.24. The lowest BCUT2D eigenvalue weighted by molar-refractivity contribution is -0.142. The third-order valence-electron chi connectivity index (χ3n) is 13.0. The quantitative estimate of drug-likeness (QED) is 0.0299. The van der Waals surface area contributed by atoms with Crippen molar-refractivity contribution < 1.29 is 33.6 Å². The average Bonchev–Trinajstić information content (AvgIpc) is 4.00. The third kappa shape index (κ3) is 15.1. The molecule has 3 aromatic carbocycles. The van der Waals surface area contributed by atoms with Gasteiger partial charge >= 0.3 is 0 Å². The fourth-order valence-corrected chi connectivity index (χ4v) is 9.44. The number of para-hydroxylation sites is 1. The van der Waals surface area contributed by atoms with E-state index in [1.807, 2.05) is 84.9 Å². The van der Waals surface area contributed by atoms with Crippen LogP contribution in [0.3, 0.4) is 0 Å². The van der Waals surface area contributed by atoms with Crippen molar-refractivity contribution in [3.05, 3.63) is 108 Å². The number of nitrogens with two attached hydrogens (primary N) is 3. The molecule has 6 atom stereocenters. The van der Waals surface area contributed by atoms with Gasteiger partial charge in [0, 0.05) is 56.4 Å². The topological polar surface area (TPSA) is 289 Å². The standard InChI is InChI=1S/C51H67N11O7/c1-32(63)57-41(28-34-17-7-3-8-18-34)46(65)58-39(23-13-25-55-51(53)54)50(69)62-26-14-24-44(62)49(68)61-42(29-35-19-9-4-10-20-35)47(66)60-43(30-36-31-56-38-22-12-11-21-37(36)38)48(67)59-40(45(52)64)27-33-15-5-2-6-16-33/h2-3,5-8,11-12,15-18,21-22,31,35,39-44,56H,4,9-10,13-14,19-20,23-30H2,1H3,(H2,52,64)(H,57,63)(H,58,65)(H,59,67)(H,60,66)(H,61,68)(H4,53,54,55)/t39-,40-,41-,42-,43-,44-/m0/s1. The SMILES string of the molecule is CC(=O)N[C@@H](Cc1ccccc1)C(=O)N[C@@H](CCCN=C(N)N)C(=O)N1CCC[C@H]1C(=O)N[C@@H](CC1CCCCC1)C(=O)N[C@@H](Cc1c[nH]c2ccccc12)C(=O)N[C@@H](Cc1ccccc1)C(N)=O. The molecule has 0 unspecified atom stereocenters. The zero-order valence-electron chi connectivity index (χ0n) is 39.3. The number of primary amides is 1. The summed E-state index contributed by atoms with van der Waals surface area (Å²) in [7, 11) is 0. The van der Waals surface area contributed by atoms with E-state index in [2.05, 4.69) is 36.6 Å². The van der Waals surface area contributed by atoms with Gasteiger partial charge in [0.15, 0.2) is 5.96 Å². The Kier molecular flexibility index (Phi) is 18.7. The molecule has 12 N–H and O–H groups in total. The van der Waals surface area contributed by atoms with E-state index in [9.17, 15) is 33.6 Å². The summed E-state index contributed by atoms with van der Waals surface area (Å²) >= 11 is 0. The Labute approximate surface area is 402 Å². The van der Waals surface area contributed by atoms with Crippen molar-refractivity contribution in [3.8, 4) is 0 Å². The second-order valence-electron chi connectivity index (χ2n) is 18.2. The second kappa shape index (κ2) is 25.2. The summed E-state index contributed by atoms with van der Waals surface area (Å²) in [6.45, 7) is 1.70. The van der Waals surface area contributed by atoms with Crippen LogP contribution in [0.25, 0.3) is 10.9 Å². The maximum absolute atomic E-state index is 14.7. The van der Waals surface area contributed by atoms with Gasteiger partial charge in [-0.15, -0.1) is 0 Å². The minimum atomic E-state index is -1.18. The van der Waals surface area contributed by atoms with Gasteiger partial charge in [0.1, 0.15) is 36.3 Å². The third-order valence-corrected chi connectivity index (χ3v) is 13.0. The van der Waals surface area contributed by atoms with Gasteiger partial charge in [-0.1, -0.05) is 111 Å². The van der Waals surface area contributed by atoms with Crippen LogP contribution < -0.4 is 43.8 Å². The summed E-state index contributed by atoms with van der Waals surface area (Å²) in [5.41, 5.74) is 20.1. The Morgan fingerprint density at radius 3 is 1.87 bits per heavy atom. The molecule has 1 saturated carbocycles. The number of aliphatic imine (C=N–C) groups is 1. The number of carbonyl (C=O) groups excluding carboxylic acids is 7. The van der Waals surface area contributed by atoms with Gasteiger partial charge in [0.25, 0.3) is 0 Å². The summed E-state index contributed by atoms with van der Waals surface area (Å²) in [5, 5.41) is 15.1. The van der Waals surface area contributed by atoms with Crippen molar-refractivity contribution >= 4 is 58.2 Å². The predicted molar refractivity (Wildman–Crippen MR) is 263 cm³/mol. The first-order valence-corrected chi connectivity index (χ1v) is 24.0. The van der Waals surface area contributed by atoms with Crippen LogP contribution in [0.15, 0.2) is 96.1 Å². The molecule has 0 radical (unpaired) electrons. The molecular weight excluding hydrogens is 879 g/mol. The molecule has 1 aliphatic heterocycles. The van der Waals surface area contributed by atoms with Crippen LogP contribution in [0.1, 0.15) is 87.8 Å². The number of hydrogen-bond donors (Lipinski definition) is 9. The lowest BCUT2D eigenvalue weighted by atomic mass is 9.84. The Balaban J connectivity index is 1.23. The van der Waals surface area contributed by atoms with E-state index in [-0.39, 0.29) is 50.7 Å². The maximum atomic E-state index is 14.7. The number of carbonyl (C=O) groups is 7. The molecule has 1 saturated heterocycles. The molecule has 6 rings (SSSR count). The van der Waals surface area contributed by atoms with E-state index in [1.165, 1.54) is 11.8 Å². The molecule has 0 spiro atoms. The number of nitrogens with zero attached hydrogens (tertiary/aromatic N) is 2. The molecule has 368 valence electrons. The van der Waals surface area contributed by atoms with Crippen molar-refractivity contribution in [2.75, 3.05) is 13.1 Å². The smallest absolute Gasteiger partial charge is 0.245 e. The highest BCUT2D eigenvalue weighted by atomic mass is 16.2. The van der Waals surface area contributed by atoms with E-state index in [0.717, 1.165) is 59.7 Å². The molecule has 18 nitrogen and oxygen atoms in total. The highest BCUT2D eigenvalue weighted by molar-refractivity contribution is 5.97. The van der Waals surface area contributed by atoms with Crippen LogP contribution in [0.2, 0.25) is 0 Å². The molecule has 2 fully saturated rings. The van der Waals surface area contributed by atoms with E-state index in [0.29, 0.717) is 25.7 Å². The van der Waals surface area contributed by atoms with E-state index >= 15 is 0 Å². The van der Waals surface area contributed by atoms with Gasteiger partial charge in [0.05, 0.1) is 0 Å². The van der Waals surface area contributed by atoms with Gasteiger partial charge < -0.3 is 53.7 Å². The number of benzene rings is 3. The lowest BCUT2D eigenvalue weighted by Gasteiger charge is -2.32. The zero-order valence-corrected chi connectivity index (χ0v) is 39.3. The van der Waals surface area contributed by atoms with Crippen molar-refractivity contribution in [3.63, 3.8) is 0 Å². The Bertz CT molecular complexity index is 2420. The monoisotopic (exact) mass is 946 g/mol. The van der Waals surface area contributed by atoms with Crippen molar-refractivity contribution in [1.82, 2.24) is 36.5 Å². The van der Waals surface area contributed by atoms with Crippen LogP contribution in [-0.2, 0) is 52.8 Å². The summed E-state index contributed by atoms with van der Waals surface area (Å²) in [6.07, 6.45) is 8.39. The number of aromatic amines is 1. The number of H-pyrrole nitrogens is 1. The van der Waals surface area contributed by atoms with Crippen LogP contribution in [0, 0.1) is 5.92 Å². The number of amides is 7. The molecule has 1 aromatic heterocycles. The number of rotatable bonds is 23. The molecule has 2 aliphatic rings. The van der Waals surface area contributed by atoms with Crippen molar-refractivity contribution in [1.29, 1.82) is 0 Å². The second-order valence-corrected chi connectivity index (χ2v) is 18.2. The van der Waals surface area contributed by atoms with E-state index in [4.69, 9.17) is 17.2 Å². The molecule has 18 heteroatoms. The Morgan fingerprint density at radius 2 is 1.23 bits per heavy atom. The van der Waals surface area contributed by atoms with E-state index < -0.39 is 77.6 Å². The number of nitrogens with one attached hydrogen (secondary N) is 6. The maximum Gasteiger partial charge on any atom is 0.245 e. The molecule has 7 amide bonds. The summed E-state index contributed by atoms with van der Waals surface area (Å²) in [4.78, 5) is 106. The average molecular weight is 946 g/mol. The molecule has 4 aromatic rings. The van der Waals surface area contributed by atoms with Crippen LogP contribution in [0.5, 0.6) is 0 Å². The largest absolute Gasteiger partial charge is 0.370 e. The van der Waals surface area contributed by atoms with Gasteiger partial charge in [0.2, 0.25) is 41.4 Å². The predicted octanol–water partition coefficient (Wildman–Crippen LogP) is 2.14. The zero-order chi connectivity index (χ0) is 49.3. The van der Waals surface area contributed by atoms with Crippen molar-refractivity contribution in [2.45, 2.75) is 127 Å². The number of fused-ring (bicyclic) bond motifs is 1. The van der Waals surface area contributed by atoms with Gasteiger partial charge in [-0.25, -0.2) is 0 Å². The van der Waals surface area contributed by atoms with Crippen LogP contribution >= 0.6 is 0 Å². The van der Waals surface area contributed by atoms with Gasteiger partial charge in [-0.2, -0.15) is 0 Å². The van der Waals surface area contributed by atoms with Gasteiger partial charge in [-0.05, 0) is 60.8 Å². The van der Waals surface area contributed by atoms with Crippen molar-refractivity contribution in [2.24, 2.45) is 28.1 Å². The lowest BCUT2D eigenvalue weighted by Crippen LogP contribution is -2.60. The minimum absolute atomic E-state index is 0.0534. The first kappa shape index (κ1) is 51.2. The molecule has 1 aliphatic carbocycles. The number of guanidine groups is 1. The highest BCUT2D eigenvalue weighted by Gasteiger charge is 2.40. The summed E-state index contributed by atoms with van der Waals surface area (Å²) < 4.78 is 0. The van der Waals surface area contributed by atoms with E-state index in [1.54, 1.807) is 6.20 Å². The van der Waals surface area contributed by atoms with Crippen LogP contribution in [-0.4, -0.2) is 107 Å². The number of likely N-dealkylation sites (tertiary alicyclic amines) is 1. The first-order valence-electron chi connectivity index (χ1n) is 24.0. The normalized spacial score (nSPS) is 17.1. The van der Waals surface area contributed by atoms with Crippen LogP contribution in [0.4, 0.5) is 0 Å².